The lowest BCUT2D eigenvalue weighted by Gasteiger charge is -2.09. The normalized spacial score (nSPS) is 11.8. The number of hydrogen-bond donors (Lipinski definition) is 1. The van der Waals surface area contributed by atoms with Crippen LogP contribution in [0, 0.1) is 6.92 Å². The van der Waals surface area contributed by atoms with E-state index in [1.807, 2.05) is 19.2 Å². The fourth-order valence-electron chi connectivity index (χ4n) is 3.33. The topological polar surface area (TPSA) is 111 Å². The second-order valence-corrected chi connectivity index (χ2v) is 11.0. The van der Waals surface area contributed by atoms with Crippen LogP contribution in [0.3, 0.4) is 0 Å². The second kappa shape index (κ2) is 9.61. The number of rotatable bonds is 7. The molecule has 0 aliphatic carbocycles. The third-order valence-electron chi connectivity index (χ3n) is 5.35. The van der Waals surface area contributed by atoms with Crippen LogP contribution >= 0.6 is 11.6 Å². The number of nitrogens with zero attached hydrogens (tertiary/aromatic N) is 4. The predicted octanol–water partition coefficient (Wildman–Crippen LogP) is 4.72. The van der Waals surface area contributed by atoms with Gasteiger partial charge in [-0.15, -0.1) is 10.2 Å². The average molecular weight is 498 g/mol. The van der Waals surface area contributed by atoms with Gasteiger partial charge in [-0.3, -0.25) is 4.98 Å². The smallest absolute Gasteiger partial charge is 0.268 e. The van der Waals surface area contributed by atoms with Crippen molar-refractivity contribution in [3.05, 3.63) is 64.9 Å². The molecule has 0 atom stereocenters. The fourth-order valence-corrected chi connectivity index (χ4v) is 4.64. The molecule has 0 spiro atoms. The van der Waals surface area contributed by atoms with Crippen molar-refractivity contribution < 1.29 is 12.8 Å². The summed E-state index contributed by atoms with van der Waals surface area (Å²) in [5.74, 6) is 0.555. The Morgan fingerprint density at radius 3 is 2.35 bits per heavy atom. The van der Waals surface area contributed by atoms with E-state index in [-0.39, 0.29) is 10.8 Å². The van der Waals surface area contributed by atoms with Crippen molar-refractivity contribution in [2.24, 2.45) is 0 Å². The van der Waals surface area contributed by atoms with Crippen LogP contribution in [0.15, 0.2) is 58.0 Å². The van der Waals surface area contributed by atoms with Crippen LogP contribution in [-0.2, 0) is 16.4 Å². The first-order valence-electron chi connectivity index (χ1n) is 10.7. The Bertz CT molecular complexity index is 1430. The molecule has 0 aliphatic rings. The van der Waals surface area contributed by atoms with Crippen LogP contribution in [0.4, 0.5) is 0 Å². The molecule has 176 valence electrons. The Kier molecular flexibility index (Phi) is 6.79. The van der Waals surface area contributed by atoms with Gasteiger partial charge in [0.15, 0.2) is 9.84 Å². The summed E-state index contributed by atoms with van der Waals surface area (Å²) in [7, 11) is -1.49. The quantitative estimate of drug-likeness (QED) is 0.390. The maximum absolute atomic E-state index is 12.4. The average Bonchev–Trinajstić information content (AvgIpc) is 3.31. The molecular formula is C24H24ClN5O3S. The highest BCUT2D eigenvalue weighted by Crippen LogP contribution is 2.29. The summed E-state index contributed by atoms with van der Waals surface area (Å²) in [5.41, 5.74) is 4.03. The van der Waals surface area contributed by atoms with Crippen molar-refractivity contribution in [2.45, 2.75) is 37.5 Å². The zero-order valence-electron chi connectivity index (χ0n) is 19.2. The molecule has 8 nitrogen and oxygen atoms in total. The lowest BCUT2D eigenvalue weighted by Crippen LogP contribution is -2.13. The van der Waals surface area contributed by atoms with Gasteiger partial charge in [-0.25, -0.2) is 13.4 Å². The van der Waals surface area contributed by atoms with Crippen LogP contribution in [0.5, 0.6) is 0 Å². The fraction of sp³-hybridized carbons (Fsp3) is 0.250. The molecule has 0 amide bonds. The lowest BCUT2D eigenvalue weighted by molar-refractivity contribution is 0.581. The van der Waals surface area contributed by atoms with Crippen LogP contribution < -0.4 is 5.32 Å². The molecule has 2 aromatic carbocycles. The van der Waals surface area contributed by atoms with E-state index in [1.54, 1.807) is 57.3 Å². The zero-order chi connectivity index (χ0) is 24.5. The summed E-state index contributed by atoms with van der Waals surface area (Å²) >= 11 is 6.36. The highest BCUT2D eigenvalue weighted by Gasteiger charge is 2.20. The lowest BCUT2D eigenvalue weighted by atomic mass is 10.1. The molecule has 0 bridgehead atoms. The van der Waals surface area contributed by atoms with Crippen molar-refractivity contribution >= 4 is 21.4 Å². The summed E-state index contributed by atoms with van der Waals surface area (Å²) in [6.07, 6.45) is 1.63. The molecule has 34 heavy (non-hydrogen) atoms. The van der Waals surface area contributed by atoms with Gasteiger partial charge in [0.1, 0.15) is 5.69 Å². The Hall–Kier alpha value is -3.14. The van der Waals surface area contributed by atoms with Gasteiger partial charge >= 0.3 is 0 Å². The first kappa shape index (κ1) is 24.0. The molecular weight excluding hydrogens is 474 g/mol. The Labute approximate surface area is 203 Å². The minimum absolute atomic E-state index is 0.233. The van der Waals surface area contributed by atoms with E-state index in [4.69, 9.17) is 16.0 Å². The Morgan fingerprint density at radius 2 is 1.71 bits per heavy atom. The number of nitrogens with one attached hydrogen (secondary N) is 1. The molecule has 0 fully saturated rings. The van der Waals surface area contributed by atoms with E-state index < -0.39 is 15.1 Å². The number of aromatic nitrogens is 4. The van der Waals surface area contributed by atoms with E-state index in [9.17, 15) is 8.42 Å². The van der Waals surface area contributed by atoms with Crippen molar-refractivity contribution in [1.29, 1.82) is 0 Å². The van der Waals surface area contributed by atoms with E-state index in [0.29, 0.717) is 40.1 Å². The molecule has 1 N–H and O–H groups in total. The molecule has 4 rings (SSSR count). The van der Waals surface area contributed by atoms with Gasteiger partial charge in [0.2, 0.25) is 5.89 Å². The summed E-state index contributed by atoms with van der Waals surface area (Å²) in [6, 6.07) is 12.2. The van der Waals surface area contributed by atoms with Crippen LogP contribution in [-0.4, -0.2) is 40.9 Å². The number of hydrogen-bond acceptors (Lipinski definition) is 8. The number of aryl methyl sites for hydroxylation is 1. The van der Waals surface area contributed by atoms with E-state index >= 15 is 0 Å². The minimum atomic E-state index is -3.35. The summed E-state index contributed by atoms with van der Waals surface area (Å²) in [4.78, 5) is 9.35. The van der Waals surface area contributed by atoms with Crippen LogP contribution in [0.1, 0.15) is 25.1 Å². The summed E-state index contributed by atoms with van der Waals surface area (Å²) in [6.45, 7) is 5.77. The van der Waals surface area contributed by atoms with Crippen molar-refractivity contribution in [3.8, 4) is 34.3 Å². The van der Waals surface area contributed by atoms with Crippen molar-refractivity contribution in [3.63, 3.8) is 0 Å². The molecule has 4 aromatic rings. The third-order valence-corrected chi connectivity index (χ3v) is 7.87. The molecule has 0 unspecified atom stereocenters. The minimum Gasteiger partial charge on any atom is -0.415 e. The van der Waals surface area contributed by atoms with E-state index in [2.05, 4.69) is 25.5 Å². The molecule has 0 saturated carbocycles. The van der Waals surface area contributed by atoms with Gasteiger partial charge < -0.3 is 9.73 Å². The number of benzene rings is 2. The molecule has 2 heterocycles. The van der Waals surface area contributed by atoms with E-state index in [1.165, 1.54) is 0 Å². The first-order valence-corrected chi connectivity index (χ1v) is 12.6. The summed E-state index contributed by atoms with van der Waals surface area (Å²) < 4.78 is 30.7. The highest BCUT2D eigenvalue weighted by atomic mass is 35.5. The molecule has 10 heteroatoms. The monoisotopic (exact) mass is 497 g/mol. The van der Waals surface area contributed by atoms with Gasteiger partial charge in [0, 0.05) is 22.7 Å². The van der Waals surface area contributed by atoms with Crippen molar-refractivity contribution in [1.82, 2.24) is 25.5 Å². The predicted molar refractivity (Wildman–Crippen MR) is 131 cm³/mol. The summed E-state index contributed by atoms with van der Waals surface area (Å²) in [5, 5.41) is 11.5. The third kappa shape index (κ3) is 4.72. The first-order chi connectivity index (χ1) is 16.2. The SMILES string of the molecule is CNCc1ccc(-c2nnc(-c3nc(-c4ccc(S(=O)(=O)C(C)C)cc4)cnc3C)o2)cc1Cl. The zero-order valence-corrected chi connectivity index (χ0v) is 20.8. The van der Waals surface area contributed by atoms with Gasteiger partial charge in [-0.2, -0.15) is 0 Å². The van der Waals surface area contributed by atoms with Gasteiger partial charge in [-0.05, 0) is 57.6 Å². The van der Waals surface area contributed by atoms with Crippen molar-refractivity contribution in [2.75, 3.05) is 7.05 Å². The molecule has 0 saturated heterocycles. The van der Waals surface area contributed by atoms with Crippen LogP contribution in [0.2, 0.25) is 5.02 Å². The maximum atomic E-state index is 12.4. The number of sulfone groups is 1. The Balaban J connectivity index is 1.65. The molecule has 0 radical (unpaired) electrons. The maximum Gasteiger partial charge on any atom is 0.268 e. The highest BCUT2D eigenvalue weighted by molar-refractivity contribution is 7.92. The Morgan fingerprint density at radius 1 is 1.03 bits per heavy atom. The van der Waals surface area contributed by atoms with Crippen LogP contribution in [0.25, 0.3) is 34.3 Å². The standard InChI is InChI=1S/C24H24ClN5O3S/c1-14(2)34(31,32)19-9-7-16(8-10-19)21-13-27-15(3)22(28-21)24-30-29-23(33-24)17-5-6-18(12-26-4)20(25)11-17/h5-11,13-14,26H,12H2,1-4H3. The number of halogens is 1. The van der Waals surface area contributed by atoms with Gasteiger partial charge in [0.05, 0.1) is 27.7 Å². The van der Waals surface area contributed by atoms with Gasteiger partial charge in [-0.1, -0.05) is 29.8 Å². The van der Waals surface area contributed by atoms with Gasteiger partial charge in [0.25, 0.3) is 5.89 Å². The molecule has 2 aromatic heterocycles. The second-order valence-electron chi connectivity index (χ2n) is 8.06. The van der Waals surface area contributed by atoms with E-state index in [0.717, 1.165) is 11.1 Å². The largest absolute Gasteiger partial charge is 0.415 e. The molecule has 0 aliphatic heterocycles.